The maximum absolute atomic E-state index is 13.1. The molecule has 234 valence electrons. The number of guanidine groups is 1. The third-order valence-electron chi connectivity index (χ3n) is 6.31. The van der Waals surface area contributed by atoms with E-state index in [0.717, 1.165) is 10.9 Å². The Balaban J connectivity index is 2.15. The van der Waals surface area contributed by atoms with E-state index in [1.807, 2.05) is 0 Å². The molecule has 0 bridgehead atoms. The zero-order valence-corrected chi connectivity index (χ0v) is 23.1. The van der Waals surface area contributed by atoms with E-state index in [4.69, 9.17) is 22.3 Å². The monoisotopic (exact) mass is 604 g/mol. The van der Waals surface area contributed by atoms with Crippen LogP contribution in [0.1, 0.15) is 37.7 Å². The van der Waals surface area contributed by atoms with E-state index in [-0.39, 0.29) is 25.3 Å². The van der Waals surface area contributed by atoms with Crippen LogP contribution in [0.4, 0.5) is 0 Å². The first kappa shape index (κ1) is 34.0. The number of carbonyl (C=O) groups is 6. The summed E-state index contributed by atoms with van der Waals surface area (Å²) in [5, 5.41) is 35.7. The lowest BCUT2D eigenvalue weighted by Gasteiger charge is -2.24. The van der Waals surface area contributed by atoms with Crippen molar-refractivity contribution in [3.8, 4) is 0 Å². The first-order valence-corrected chi connectivity index (χ1v) is 13.2. The van der Waals surface area contributed by atoms with Gasteiger partial charge < -0.3 is 53.5 Å². The molecule has 0 aliphatic carbocycles. The van der Waals surface area contributed by atoms with Crippen molar-refractivity contribution in [2.45, 2.75) is 62.7 Å². The molecule has 13 N–H and O–H groups in total. The van der Waals surface area contributed by atoms with E-state index in [9.17, 15) is 39.0 Å². The molecule has 1 aromatic heterocycles. The quantitative estimate of drug-likeness (QED) is 0.0500. The lowest BCUT2D eigenvalue weighted by atomic mass is 10.0. The Morgan fingerprint density at radius 2 is 1.47 bits per heavy atom. The summed E-state index contributed by atoms with van der Waals surface area (Å²) < 4.78 is 0. The number of aromatic amines is 1. The van der Waals surface area contributed by atoms with Crippen molar-refractivity contribution in [2.24, 2.45) is 22.2 Å². The van der Waals surface area contributed by atoms with Gasteiger partial charge in [0.1, 0.15) is 18.1 Å². The van der Waals surface area contributed by atoms with Gasteiger partial charge in [0, 0.05) is 36.5 Å². The third kappa shape index (κ3) is 11.3. The highest BCUT2D eigenvalue weighted by Crippen LogP contribution is 2.19. The minimum atomic E-state index is -1.76. The number of carbonyl (C=O) groups excluding carboxylic acids is 3. The molecular formula is C26H36N8O9. The average molecular weight is 605 g/mol. The summed E-state index contributed by atoms with van der Waals surface area (Å²) in [5.74, 6) is -7.29. The third-order valence-corrected chi connectivity index (χ3v) is 6.31. The fraction of sp³-hybridized carbons (Fsp3) is 0.423. The number of H-pyrrole nitrogens is 1. The van der Waals surface area contributed by atoms with Crippen LogP contribution in [0, 0.1) is 0 Å². The predicted octanol–water partition coefficient (Wildman–Crippen LogP) is -2.03. The standard InChI is InChI=1S/C26H36N8O9/c27-15(5-3-9-30-26(28)29)22(39)32-17(7-8-20(35)36)23(40)33-18(11-21(37)38)24(41)34-19(25(42)43)10-13-12-31-16-6-2-1-4-14(13)16/h1-2,4,6,12,15,17-19,31H,3,5,7-11,27H2,(H,32,39)(H,33,40)(H,34,41)(H,35,36)(H,37,38)(H,42,43)(H4,28,29,30). The largest absolute Gasteiger partial charge is 0.481 e. The fourth-order valence-corrected chi connectivity index (χ4v) is 4.11. The Labute approximate surface area is 245 Å². The molecule has 0 saturated heterocycles. The molecule has 4 atom stereocenters. The fourth-order valence-electron chi connectivity index (χ4n) is 4.11. The van der Waals surface area contributed by atoms with Gasteiger partial charge in [-0.2, -0.15) is 0 Å². The lowest BCUT2D eigenvalue weighted by molar-refractivity contribution is -0.143. The molecule has 0 aliphatic rings. The molecule has 0 spiro atoms. The Bertz CT molecular complexity index is 1360. The van der Waals surface area contributed by atoms with Crippen LogP contribution in [0.3, 0.4) is 0 Å². The number of benzene rings is 1. The smallest absolute Gasteiger partial charge is 0.326 e. The topological polar surface area (TPSA) is 305 Å². The number of carboxylic acids is 3. The van der Waals surface area contributed by atoms with Gasteiger partial charge in [0.05, 0.1) is 12.5 Å². The van der Waals surface area contributed by atoms with Crippen molar-refractivity contribution < 1.29 is 44.1 Å². The number of hydrogen-bond donors (Lipinski definition) is 10. The summed E-state index contributed by atoms with van der Waals surface area (Å²) in [6.45, 7) is 0.190. The number of rotatable bonds is 18. The molecule has 1 heterocycles. The van der Waals surface area contributed by atoms with Gasteiger partial charge in [0.25, 0.3) is 0 Å². The van der Waals surface area contributed by atoms with E-state index < -0.39 is 79.1 Å². The molecule has 3 amide bonds. The lowest BCUT2D eigenvalue weighted by Crippen LogP contribution is -2.57. The number of nitrogens with one attached hydrogen (secondary N) is 4. The van der Waals surface area contributed by atoms with Gasteiger partial charge in [-0.25, -0.2) is 4.79 Å². The van der Waals surface area contributed by atoms with Crippen LogP contribution in [0.25, 0.3) is 10.9 Å². The summed E-state index contributed by atoms with van der Waals surface area (Å²) in [4.78, 5) is 80.1. The molecule has 4 unspecified atom stereocenters. The Morgan fingerprint density at radius 3 is 2.09 bits per heavy atom. The molecule has 17 heteroatoms. The first-order chi connectivity index (χ1) is 20.3. The highest BCUT2D eigenvalue weighted by molar-refractivity contribution is 5.96. The minimum absolute atomic E-state index is 0.118. The van der Waals surface area contributed by atoms with Gasteiger partial charge in [-0.15, -0.1) is 0 Å². The normalized spacial score (nSPS) is 13.6. The highest BCUT2D eigenvalue weighted by Gasteiger charge is 2.32. The van der Waals surface area contributed by atoms with Crippen LogP contribution in [0.2, 0.25) is 0 Å². The number of para-hydroxylation sites is 1. The van der Waals surface area contributed by atoms with Crippen molar-refractivity contribution in [3.05, 3.63) is 36.0 Å². The maximum atomic E-state index is 13.1. The zero-order valence-electron chi connectivity index (χ0n) is 23.1. The summed E-state index contributed by atoms with van der Waals surface area (Å²) in [6.07, 6.45) is -0.0226. The van der Waals surface area contributed by atoms with Gasteiger partial charge >= 0.3 is 17.9 Å². The second kappa shape index (κ2) is 16.3. The van der Waals surface area contributed by atoms with E-state index in [2.05, 4.69) is 25.9 Å². The summed E-state index contributed by atoms with van der Waals surface area (Å²) in [7, 11) is 0. The molecule has 2 aromatic rings. The average Bonchev–Trinajstić information content (AvgIpc) is 3.34. The van der Waals surface area contributed by atoms with E-state index in [1.165, 1.54) is 0 Å². The molecule has 2 rings (SSSR count). The first-order valence-electron chi connectivity index (χ1n) is 13.2. The van der Waals surface area contributed by atoms with Crippen molar-refractivity contribution in [1.29, 1.82) is 0 Å². The van der Waals surface area contributed by atoms with Gasteiger partial charge in [-0.05, 0) is 30.9 Å². The molecule has 43 heavy (non-hydrogen) atoms. The Hall–Kier alpha value is -5.19. The minimum Gasteiger partial charge on any atom is -0.481 e. The van der Waals surface area contributed by atoms with Crippen molar-refractivity contribution in [1.82, 2.24) is 20.9 Å². The van der Waals surface area contributed by atoms with E-state index >= 15 is 0 Å². The number of aliphatic carboxylic acids is 3. The summed E-state index contributed by atoms with van der Waals surface area (Å²) >= 11 is 0. The highest BCUT2D eigenvalue weighted by atomic mass is 16.4. The molecule has 0 saturated carbocycles. The number of aromatic nitrogens is 1. The van der Waals surface area contributed by atoms with Crippen LogP contribution < -0.4 is 33.2 Å². The number of nitrogens with two attached hydrogens (primary N) is 3. The Kier molecular flexibility index (Phi) is 12.9. The van der Waals surface area contributed by atoms with Crippen molar-refractivity contribution in [2.75, 3.05) is 6.54 Å². The summed E-state index contributed by atoms with van der Waals surface area (Å²) in [5.41, 5.74) is 17.7. The van der Waals surface area contributed by atoms with Gasteiger partial charge in [-0.3, -0.25) is 29.0 Å². The maximum Gasteiger partial charge on any atom is 0.326 e. The van der Waals surface area contributed by atoms with Gasteiger partial charge in [0.15, 0.2) is 5.96 Å². The number of fused-ring (bicyclic) bond motifs is 1. The van der Waals surface area contributed by atoms with Crippen LogP contribution in [-0.4, -0.2) is 92.6 Å². The van der Waals surface area contributed by atoms with Gasteiger partial charge in [-0.1, -0.05) is 18.2 Å². The zero-order chi connectivity index (χ0) is 32.1. The van der Waals surface area contributed by atoms with Crippen LogP contribution in [0.15, 0.2) is 35.5 Å². The second-order valence-electron chi connectivity index (χ2n) is 9.67. The molecule has 0 radical (unpaired) electrons. The number of amides is 3. The Morgan fingerprint density at radius 1 is 0.837 bits per heavy atom. The van der Waals surface area contributed by atoms with Crippen LogP contribution in [0.5, 0.6) is 0 Å². The van der Waals surface area contributed by atoms with Gasteiger partial charge in [0.2, 0.25) is 17.7 Å². The number of hydrogen-bond acceptors (Lipinski definition) is 8. The molecule has 0 aliphatic heterocycles. The number of aliphatic imine (C=N–C) groups is 1. The second-order valence-corrected chi connectivity index (χ2v) is 9.67. The van der Waals surface area contributed by atoms with E-state index in [0.29, 0.717) is 12.0 Å². The number of carboxylic acid groups (broad SMARTS) is 3. The molecule has 1 aromatic carbocycles. The molecule has 17 nitrogen and oxygen atoms in total. The molecular weight excluding hydrogens is 568 g/mol. The SMILES string of the molecule is NC(N)=NCCCC(N)C(=O)NC(CCC(=O)O)C(=O)NC(CC(=O)O)C(=O)NC(Cc1c[nH]c2ccccc12)C(=O)O. The van der Waals surface area contributed by atoms with Crippen molar-refractivity contribution in [3.63, 3.8) is 0 Å². The van der Waals surface area contributed by atoms with E-state index in [1.54, 1.807) is 30.5 Å². The predicted molar refractivity (Wildman–Crippen MR) is 152 cm³/mol. The number of nitrogens with zero attached hydrogens (tertiary/aromatic N) is 1. The summed E-state index contributed by atoms with van der Waals surface area (Å²) in [6, 6.07) is 1.22. The molecule has 0 fully saturated rings. The van der Waals surface area contributed by atoms with Crippen molar-refractivity contribution >= 4 is 52.5 Å². The van der Waals surface area contributed by atoms with Crippen LogP contribution >= 0.6 is 0 Å². The van der Waals surface area contributed by atoms with Crippen LogP contribution in [-0.2, 0) is 35.2 Å².